The van der Waals surface area contributed by atoms with Crippen molar-refractivity contribution in [3.63, 3.8) is 0 Å². The van der Waals surface area contributed by atoms with Gasteiger partial charge in [-0.25, -0.2) is 4.79 Å². The molecule has 6 heteroatoms. The quantitative estimate of drug-likeness (QED) is 0.586. The van der Waals surface area contributed by atoms with Gasteiger partial charge in [0.2, 0.25) is 5.91 Å². The molecular formula is C14H19N3O2S. The fourth-order valence-electron chi connectivity index (χ4n) is 2.17. The number of nitrogens with two attached hydrogens (primary N) is 1. The number of imide groups is 1. The average molecular weight is 293 g/mol. The van der Waals surface area contributed by atoms with E-state index in [1.54, 1.807) is 12.1 Å². The largest absolute Gasteiger partial charge is 0.399 e. The van der Waals surface area contributed by atoms with Crippen molar-refractivity contribution in [3.05, 3.63) is 24.3 Å². The Kier molecular flexibility index (Phi) is 5.29. The molecule has 5 nitrogen and oxygen atoms in total. The van der Waals surface area contributed by atoms with Gasteiger partial charge in [0.15, 0.2) is 0 Å². The first-order valence-corrected chi connectivity index (χ1v) is 7.71. The van der Waals surface area contributed by atoms with Crippen LogP contribution in [0, 0.1) is 0 Å². The molecular weight excluding hydrogens is 274 g/mol. The number of benzene rings is 1. The molecule has 0 heterocycles. The van der Waals surface area contributed by atoms with Crippen LogP contribution in [-0.2, 0) is 4.79 Å². The molecule has 1 aromatic rings. The molecule has 1 saturated carbocycles. The molecule has 0 aliphatic heterocycles. The minimum absolute atomic E-state index is 0.210. The van der Waals surface area contributed by atoms with E-state index in [1.807, 2.05) is 12.1 Å². The van der Waals surface area contributed by atoms with Crippen LogP contribution in [0.1, 0.15) is 25.7 Å². The number of amides is 3. The number of carbonyl (C=O) groups excluding carboxylic acids is 2. The third-order valence-electron chi connectivity index (χ3n) is 3.19. The van der Waals surface area contributed by atoms with E-state index < -0.39 is 0 Å². The summed E-state index contributed by atoms with van der Waals surface area (Å²) in [6.45, 7) is 0. The van der Waals surface area contributed by atoms with Crippen molar-refractivity contribution in [3.8, 4) is 0 Å². The van der Waals surface area contributed by atoms with E-state index in [9.17, 15) is 9.59 Å². The third kappa shape index (κ3) is 4.77. The van der Waals surface area contributed by atoms with E-state index >= 15 is 0 Å². The highest BCUT2D eigenvalue weighted by Gasteiger charge is 2.18. The van der Waals surface area contributed by atoms with Crippen molar-refractivity contribution in [2.45, 2.75) is 36.6 Å². The maximum Gasteiger partial charge on any atom is 0.321 e. The number of urea groups is 1. The lowest BCUT2D eigenvalue weighted by atomic mass is 10.2. The van der Waals surface area contributed by atoms with Gasteiger partial charge in [-0.15, -0.1) is 11.8 Å². The predicted octanol–water partition coefficient (Wildman–Crippen LogP) is 2.13. The van der Waals surface area contributed by atoms with Crippen LogP contribution in [-0.4, -0.2) is 23.7 Å². The van der Waals surface area contributed by atoms with Crippen molar-refractivity contribution in [2.24, 2.45) is 0 Å². The lowest BCUT2D eigenvalue weighted by Gasteiger charge is -2.12. The normalized spacial score (nSPS) is 15.0. The molecule has 0 saturated heterocycles. The highest BCUT2D eigenvalue weighted by atomic mass is 32.2. The van der Waals surface area contributed by atoms with E-state index in [0.29, 0.717) is 5.69 Å². The van der Waals surface area contributed by atoms with Gasteiger partial charge in [0.05, 0.1) is 5.75 Å². The summed E-state index contributed by atoms with van der Waals surface area (Å²) in [6, 6.07) is 7.10. The van der Waals surface area contributed by atoms with Crippen molar-refractivity contribution in [1.82, 2.24) is 10.6 Å². The van der Waals surface area contributed by atoms with Gasteiger partial charge in [-0.2, -0.15) is 0 Å². The Hall–Kier alpha value is -1.69. The summed E-state index contributed by atoms with van der Waals surface area (Å²) in [5, 5.41) is 5.17. The van der Waals surface area contributed by atoms with Crippen LogP contribution in [0.25, 0.3) is 0 Å². The second kappa shape index (κ2) is 7.19. The summed E-state index contributed by atoms with van der Waals surface area (Å²) in [5.41, 5.74) is 6.27. The van der Waals surface area contributed by atoms with E-state index in [4.69, 9.17) is 5.73 Å². The van der Waals surface area contributed by atoms with Gasteiger partial charge in [0.25, 0.3) is 0 Å². The minimum atomic E-state index is -0.389. The highest BCUT2D eigenvalue weighted by Crippen LogP contribution is 2.19. The number of hydrogen-bond acceptors (Lipinski definition) is 4. The van der Waals surface area contributed by atoms with Gasteiger partial charge in [-0.1, -0.05) is 12.8 Å². The Balaban J connectivity index is 1.69. The smallest absolute Gasteiger partial charge is 0.321 e. The van der Waals surface area contributed by atoms with Gasteiger partial charge in [-0.05, 0) is 37.1 Å². The number of anilines is 1. The van der Waals surface area contributed by atoms with E-state index in [1.165, 1.54) is 11.8 Å². The molecule has 1 aliphatic rings. The number of hydrogen-bond donors (Lipinski definition) is 3. The van der Waals surface area contributed by atoms with Gasteiger partial charge < -0.3 is 11.1 Å². The second-order valence-corrected chi connectivity index (χ2v) is 5.91. The van der Waals surface area contributed by atoms with E-state index in [-0.39, 0.29) is 23.7 Å². The van der Waals surface area contributed by atoms with Gasteiger partial charge in [0.1, 0.15) is 0 Å². The average Bonchev–Trinajstić information content (AvgIpc) is 2.90. The van der Waals surface area contributed by atoms with Crippen molar-refractivity contribution < 1.29 is 9.59 Å². The van der Waals surface area contributed by atoms with Crippen molar-refractivity contribution in [2.75, 3.05) is 11.5 Å². The SMILES string of the molecule is Nc1ccc(SCC(=O)NC(=O)NC2CCCC2)cc1. The van der Waals surface area contributed by atoms with E-state index in [0.717, 1.165) is 30.6 Å². The number of nitrogens with one attached hydrogen (secondary N) is 2. The molecule has 108 valence electrons. The standard InChI is InChI=1S/C14H19N3O2S/c15-10-5-7-12(8-6-10)20-9-13(18)17-14(19)16-11-3-1-2-4-11/h5-8,11H,1-4,9,15H2,(H2,16,17,18,19). The molecule has 1 aliphatic carbocycles. The summed E-state index contributed by atoms with van der Waals surface area (Å²) < 4.78 is 0. The fourth-order valence-corrected chi connectivity index (χ4v) is 2.87. The molecule has 0 unspecified atom stereocenters. The lowest BCUT2D eigenvalue weighted by Crippen LogP contribution is -2.44. The number of carbonyl (C=O) groups is 2. The maximum absolute atomic E-state index is 11.7. The minimum Gasteiger partial charge on any atom is -0.399 e. The fraction of sp³-hybridized carbons (Fsp3) is 0.429. The molecule has 0 bridgehead atoms. The highest BCUT2D eigenvalue weighted by molar-refractivity contribution is 8.00. The summed E-state index contributed by atoms with van der Waals surface area (Å²) in [6.07, 6.45) is 4.29. The van der Waals surface area contributed by atoms with Crippen LogP contribution in [0.4, 0.5) is 10.5 Å². The molecule has 3 amide bonds. The third-order valence-corrected chi connectivity index (χ3v) is 4.21. The van der Waals surface area contributed by atoms with Crippen LogP contribution < -0.4 is 16.4 Å². The number of nitrogen functional groups attached to an aromatic ring is 1. The Morgan fingerprint density at radius 3 is 2.50 bits per heavy atom. The Morgan fingerprint density at radius 1 is 1.20 bits per heavy atom. The molecule has 1 fully saturated rings. The van der Waals surface area contributed by atoms with Crippen molar-refractivity contribution >= 4 is 29.4 Å². The molecule has 0 aromatic heterocycles. The molecule has 0 radical (unpaired) electrons. The monoisotopic (exact) mass is 293 g/mol. The first-order chi connectivity index (χ1) is 9.63. The second-order valence-electron chi connectivity index (χ2n) is 4.86. The van der Waals surface area contributed by atoms with Crippen LogP contribution in [0.15, 0.2) is 29.2 Å². The molecule has 4 N–H and O–H groups in total. The summed E-state index contributed by atoms with van der Waals surface area (Å²) in [7, 11) is 0. The lowest BCUT2D eigenvalue weighted by molar-refractivity contribution is -0.117. The summed E-state index contributed by atoms with van der Waals surface area (Å²) in [4.78, 5) is 24.2. The van der Waals surface area contributed by atoms with Crippen LogP contribution >= 0.6 is 11.8 Å². The molecule has 20 heavy (non-hydrogen) atoms. The van der Waals surface area contributed by atoms with Gasteiger partial charge in [-0.3, -0.25) is 10.1 Å². The van der Waals surface area contributed by atoms with Gasteiger partial charge in [0, 0.05) is 16.6 Å². The van der Waals surface area contributed by atoms with Crippen LogP contribution in [0.5, 0.6) is 0 Å². The summed E-state index contributed by atoms with van der Waals surface area (Å²) in [5.74, 6) is -0.0792. The topological polar surface area (TPSA) is 84.2 Å². The first kappa shape index (κ1) is 14.7. The predicted molar refractivity (Wildman–Crippen MR) is 80.5 cm³/mol. The van der Waals surface area contributed by atoms with Crippen LogP contribution in [0.2, 0.25) is 0 Å². The zero-order valence-corrected chi connectivity index (χ0v) is 12.0. The van der Waals surface area contributed by atoms with E-state index in [2.05, 4.69) is 10.6 Å². The zero-order chi connectivity index (χ0) is 14.4. The Morgan fingerprint density at radius 2 is 1.85 bits per heavy atom. The summed E-state index contributed by atoms with van der Waals surface area (Å²) >= 11 is 1.37. The zero-order valence-electron chi connectivity index (χ0n) is 11.2. The first-order valence-electron chi connectivity index (χ1n) is 6.72. The van der Waals surface area contributed by atoms with Crippen molar-refractivity contribution in [1.29, 1.82) is 0 Å². The molecule has 0 spiro atoms. The van der Waals surface area contributed by atoms with Crippen LogP contribution in [0.3, 0.4) is 0 Å². The molecule has 0 atom stereocenters. The molecule has 1 aromatic carbocycles. The number of rotatable bonds is 4. The Labute approximate surface area is 122 Å². The number of thioether (sulfide) groups is 1. The van der Waals surface area contributed by atoms with Gasteiger partial charge >= 0.3 is 6.03 Å². The molecule has 2 rings (SSSR count). The Bertz CT molecular complexity index is 470. The maximum atomic E-state index is 11.7.